The van der Waals surface area contributed by atoms with Gasteiger partial charge in [-0.15, -0.1) is 0 Å². The lowest BCUT2D eigenvalue weighted by Crippen LogP contribution is -2.28. The van der Waals surface area contributed by atoms with Crippen LogP contribution in [0.5, 0.6) is 28.7 Å². The zero-order valence-corrected chi connectivity index (χ0v) is 26.8. The van der Waals surface area contributed by atoms with Crippen LogP contribution in [0.2, 0.25) is 0 Å². The number of aromatic amines is 1. The molecule has 2 aromatic heterocycles. The summed E-state index contributed by atoms with van der Waals surface area (Å²) in [5.74, 6) is 0.905. The van der Waals surface area contributed by atoms with Gasteiger partial charge < -0.3 is 38.9 Å². The standard InChI is InChI=1S/C38H35N3O7/c1-41-29-13-7-5-10-25(29)35(42)33(38(41)44)32(27-11-8-14-30-36(27)48-20-19-47-30)34-24(23-9-4-6-12-28(23)40-34)17-18-39-37(43)26-16-15-22(45-2)21-31(26)46-3/h4-16,21,32,40,42H,17-20H2,1-3H3,(H,39,43). The van der Waals surface area contributed by atoms with Crippen LogP contribution < -0.4 is 29.8 Å². The quantitative estimate of drug-likeness (QED) is 0.185. The SMILES string of the molecule is COc1ccc(C(=O)NCCc2c(C(c3cccc4c3OCCO4)c3c(O)c4ccccc4n(C)c3=O)[nH]c3ccccc23)c(OC)c1. The number of hydrogen-bond acceptors (Lipinski definition) is 7. The summed E-state index contributed by atoms with van der Waals surface area (Å²) in [5.41, 5.74) is 4.00. The summed E-state index contributed by atoms with van der Waals surface area (Å²) in [6.07, 6.45) is 0.418. The van der Waals surface area contributed by atoms with Crippen LogP contribution in [0.25, 0.3) is 21.8 Å². The number of hydrogen-bond donors (Lipinski definition) is 3. The van der Waals surface area contributed by atoms with Crippen molar-refractivity contribution in [3.8, 4) is 28.7 Å². The molecule has 48 heavy (non-hydrogen) atoms. The van der Waals surface area contributed by atoms with Crippen LogP contribution in [0.4, 0.5) is 0 Å². The number of benzene rings is 4. The molecular formula is C38H35N3O7. The summed E-state index contributed by atoms with van der Waals surface area (Å²) in [4.78, 5) is 31.2. The van der Waals surface area contributed by atoms with Gasteiger partial charge >= 0.3 is 0 Å². The average molecular weight is 646 g/mol. The van der Waals surface area contributed by atoms with E-state index in [0.717, 1.165) is 16.5 Å². The first kappa shape index (κ1) is 30.7. The fraction of sp³-hybridized carbons (Fsp3) is 0.211. The van der Waals surface area contributed by atoms with Gasteiger partial charge in [0.1, 0.15) is 30.5 Å². The van der Waals surface area contributed by atoms with Gasteiger partial charge in [-0.25, -0.2) is 0 Å². The van der Waals surface area contributed by atoms with Gasteiger partial charge in [0.15, 0.2) is 11.5 Å². The number of pyridine rings is 1. The molecule has 1 amide bonds. The molecular weight excluding hydrogens is 610 g/mol. The Bertz CT molecular complexity index is 2240. The number of para-hydroxylation sites is 3. The number of carbonyl (C=O) groups excluding carboxylic acids is 1. The summed E-state index contributed by atoms with van der Waals surface area (Å²) in [6.45, 7) is 1.03. The molecule has 3 N–H and O–H groups in total. The van der Waals surface area contributed by atoms with Crippen LogP contribution in [0, 0.1) is 0 Å². The first-order chi connectivity index (χ1) is 23.4. The highest BCUT2D eigenvalue weighted by atomic mass is 16.6. The molecule has 4 aromatic carbocycles. The molecule has 244 valence electrons. The Hall–Kier alpha value is -5.90. The van der Waals surface area contributed by atoms with Crippen molar-refractivity contribution in [1.82, 2.24) is 14.9 Å². The molecule has 0 spiro atoms. The minimum absolute atomic E-state index is 0.0995. The highest BCUT2D eigenvalue weighted by Gasteiger charge is 2.34. The maximum Gasteiger partial charge on any atom is 0.258 e. The number of aromatic hydroxyl groups is 1. The molecule has 0 radical (unpaired) electrons. The highest BCUT2D eigenvalue weighted by Crippen LogP contribution is 2.47. The predicted octanol–water partition coefficient (Wildman–Crippen LogP) is 5.67. The molecule has 3 heterocycles. The maximum atomic E-state index is 14.3. The van der Waals surface area contributed by atoms with Gasteiger partial charge in [-0.3, -0.25) is 9.59 Å². The number of nitrogens with one attached hydrogen (secondary N) is 2. The molecule has 1 atom stereocenters. The molecule has 1 aliphatic heterocycles. The Morgan fingerprint density at radius 1 is 0.958 bits per heavy atom. The van der Waals surface area contributed by atoms with Gasteiger partial charge in [0, 0.05) is 47.2 Å². The maximum absolute atomic E-state index is 14.3. The lowest BCUT2D eigenvalue weighted by molar-refractivity contribution is 0.0951. The van der Waals surface area contributed by atoms with E-state index in [2.05, 4.69) is 10.3 Å². The van der Waals surface area contributed by atoms with Crippen LogP contribution >= 0.6 is 0 Å². The third-order valence-electron chi connectivity index (χ3n) is 8.96. The number of aryl methyl sites for hydroxylation is 1. The zero-order valence-electron chi connectivity index (χ0n) is 26.8. The summed E-state index contributed by atoms with van der Waals surface area (Å²) >= 11 is 0. The van der Waals surface area contributed by atoms with E-state index < -0.39 is 5.92 Å². The number of aromatic nitrogens is 2. The van der Waals surface area contributed by atoms with E-state index in [1.807, 2.05) is 60.7 Å². The van der Waals surface area contributed by atoms with E-state index >= 15 is 0 Å². The Balaban J connectivity index is 1.38. The Morgan fingerprint density at radius 2 is 1.73 bits per heavy atom. The van der Waals surface area contributed by atoms with Crippen molar-refractivity contribution in [2.45, 2.75) is 12.3 Å². The van der Waals surface area contributed by atoms with Gasteiger partial charge in [-0.1, -0.05) is 42.5 Å². The van der Waals surface area contributed by atoms with Crippen LogP contribution in [0.3, 0.4) is 0 Å². The molecule has 1 aliphatic rings. The van der Waals surface area contributed by atoms with Crippen molar-refractivity contribution < 1.29 is 28.8 Å². The lowest BCUT2D eigenvalue weighted by atomic mass is 9.84. The van der Waals surface area contributed by atoms with Crippen molar-refractivity contribution in [2.75, 3.05) is 34.0 Å². The van der Waals surface area contributed by atoms with E-state index in [9.17, 15) is 14.7 Å². The first-order valence-corrected chi connectivity index (χ1v) is 15.7. The van der Waals surface area contributed by atoms with Crippen LogP contribution in [-0.4, -0.2) is 54.5 Å². The molecule has 7 rings (SSSR count). The first-order valence-electron chi connectivity index (χ1n) is 15.7. The number of H-pyrrole nitrogens is 1. The second-order valence-electron chi connectivity index (χ2n) is 11.6. The summed E-state index contributed by atoms with van der Waals surface area (Å²) in [7, 11) is 4.77. The Labute approximate surface area is 276 Å². The average Bonchev–Trinajstić information content (AvgIpc) is 3.49. The third-order valence-corrected chi connectivity index (χ3v) is 8.96. The van der Waals surface area contributed by atoms with E-state index in [-0.39, 0.29) is 29.3 Å². The van der Waals surface area contributed by atoms with Crippen LogP contribution in [0.1, 0.15) is 38.7 Å². The van der Waals surface area contributed by atoms with E-state index in [0.29, 0.717) is 70.4 Å². The van der Waals surface area contributed by atoms with Crippen LogP contribution in [0.15, 0.2) is 89.7 Å². The number of nitrogens with zero attached hydrogens (tertiary/aromatic N) is 1. The Kier molecular flexibility index (Phi) is 8.14. The normalized spacial score (nSPS) is 13.0. The molecule has 1 unspecified atom stereocenters. The van der Waals surface area contributed by atoms with Gasteiger partial charge in [-0.2, -0.15) is 0 Å². The number of methoxy groups -OCH3 is 2. The van der Waals surface area contributed by atoms with Crippen molar-refractivity contribution >= 4 is 27.7 Å². The number of amides is 1. The third kappa shape index (κ3) is 5.25. The number of fused-ring (bicyclic) bond motifs is 3. The number of ether oxygens (including phenoxy) is 4. The molecule has 10 heteroatoms. The van der Waals surface area contributed by atoms with Crippen molar-refractivity contribution in [2.24, 2.45) is 7.05 Å². The van der Waals surface area contributed by atoms with E-state index in [1.54, 1.807) is 43.0 Å². The van der Waals surface area contributed by atoms with E-state index in [4.69, 9.17) is 18.9 Å². The second-order valence-corrected chi connectivity index (χ2v) is 11.6. The topological polar surface area (TPSA) is 124 Å². The van der Waals surface area contributed by atoms with Crippen molar-refractivity contribution in [3.05, 3.63) is 123 Å². The highest BCUT2D eigenvalue weighted by molar-refractivity contribution is 5.97. The smallest absolute Gasteiger partial charge is 0.258 e. The Morgan fingerprint density at radius 3 is 2.54 bits per heavy atom. The molecule has 0 bridgehead atoms. The monoisotopic (exact) mass is 645 g/mol. The van der Waals surface area contributed by atoms with Gasteiger partial charge in [0.05, 0.1) is 36.8 Å². The molecule has 0 saturated heterocycles. The van der Waals surface area contributed by atoms with Crippen LogP contribution in [-0.2, 0) is 13.5 Å². The van der Waals surface area contributed by atoms with Crippen molar-refractivity contribution in [1.29, 1.82) is 0 Å². The molecule has 10 nitrogen and oxygen atoms in total. The van der Waals surface area contributed by atoms with Crippen molar-refractivity contribution in [3.63, 3.8) is 0 Å². The second kappa shape index (κ2) is 12.7. The largest absolute Gasteiger partial charge is 0.507 e. The summed E-state index contributed by atoms with van der Waals surface area (Å²) in [5, 5.41) is 16.4. The summed E-state index contributed by atoms with van der Waals surface area (Å²) in [6, 6.07) is 25.8. The zero-order chi connectivity index (χ0) is 33.4. The molecule has 0 aliphatic carbocycles. The van der Waals surface area contributed by atoms with Gasteiger partial charge in [0.2, 0.25) is 0 Å². The molecule has 0 saturated carbocycles. The number of carbonyl (C=O) groups is 1. The fourth-order valence-electron chi connectivity index (χ4n) is 6.66. The van der Waals surface area contributed by atoms with E-state index in [1.165, 1.54) is 7.11 Å². The number of rotatable bonds is 9. The molecule has 6 aromatic rings. The lowest BCUT2D eigenvalue weighted by Gasteiger charge is -2.27. The minimum atomic E-state index is -0.773. The van der Waals surface area contributed by atoms with Gasteiger partial charge in [0.25, 0.3) is 11.5 Å². The predicted molar refractivity (Wildman–Crippen MR) is 183 cm³/mol. The summed E-state index contributed by atoms with van der Waals surface area (Å²) < 4.78 is 24.4. The van der Waals surface area contributed by atoms with Gasteiger partial charge in [-0.05, 0) is 48.4 Å². The molecule has 0 fully saturated rings. The fourth-order valence-corrected chi connectivity index (χ4v) is 6.66. The minimum Gasteiger partial charge on any atom is -0.507 e.